The van der Waals surface area contributed by atoms with Gasteiger partial charge in [-0.15, -0.1) is 0 Å². The zero-order valence-electron chi connectivity index (χ0n) is 12.8. The van der Waals surface area contributed by atoms with Crippen LogP contribution in [0.25, 0.3) is 0 Å². The Kier molecular flexibility index (Phi) is 6.80. The standard InChI is InChI=1S/C16H30N2O2/c1-13(16(19)18-14-7-5-6-8-14)17-11-12-20-15-9-3-2-4-10-15/h13-15,17H,2-12H2,1H3,(H,18,19). The van der Waals surface area contributed by atoms with Crippen LogP contribution in [0.15, 0.2) is 0 Å². The monoisotopic (exact) mass is 282 g/mol. The predicted molar refractivity (Wildman–Crippen MR) is 80.7 cm³/mol. The first-order valence-corrected chi connectivity index (χ1v) is 8.41. The van der Waals surface area contributed by atoms with E-state index in [1.807, 2.05) is 6.92 Å². The summed E-state index contributed by atoms with van der Waals surface area (Å²) in [6.45, 7) is 3.41. The Balaban J connectivity index is 1.52. The zero-order chi connectivity index (χ0) is 14.2. The number of hydrogen-bond donors (Lipinski definition) is 2. The van der Waals surface area contributed by atoms with E-state index in [1.54, 1.807) is 0 Å². The molecule has 4 nitrogen and oxygen atoms in total. The first-order chi connectivity index (χ1) is 9.75. The van der Waals surface area contributed by atoms with Gasteiger partial charge in [-0.3, -0.25) is 4.79 Å². The minimum absolute atomic E-state index is 0.120. The Morgan fingerprint density at radius 3 is 2.45 bits per heavy atom. The minimum Gasteiger partial charge on any atom is -0.377 e. The van der Waals surface area contributed by atoms with Gasteiger partial charge >= 0.3 is 0 Å². The molecular formula is C16H30N2O2. The molecule has 0 spiro atoms. The van der Waals surface area contributed by atoms with Gasteiger partial charge in [-0.25, -0.2) is 0 Å². The highest BCUT2D eigenvalue weighted by atomic mass is 16.5. The predicted octanol–water partition coefficient (Wildman–Crippen LogP) is 2.37. The summed E-state index contributed by atoms with van der Waals surface area (Å²) in [6, 6.07) is 0.288. The number of nitrogens with one attached hydrogen (secondary N) is 2. The second-order valence-electron chi connectivity index (χ2n) is 6.30. The SMILES string of the molecule is CC(NCCOC1CCCCC1)C(=O)NC1CCCC1. The lowest BCUT2D eigenvalue weighted by Crippen LogP contribution is -2.46. The summed E-state index contributed by atoms with van der Waals surface area (Å²) in [4.78, 5) is 12.0. The Morgan fingerprint density at radius 1 is 1.10 bits per heavy atom. The van der Waals surface area contributed by atoms with Gasteiger partial charge in [0.1, 0.15) is 0 Å². The van der Waals surface area contributed by atoms with Gasteiger partial charge in [0.15, 0.2) is 0 Å². The normalized spacial score (nSPS) is 22.9. The van der Waals surface area contributed by atoms with E-state index in [4.69, 9.17) is 4.74 Å². The summed E-state index contributed by atoms with van der Waals surface area (Å²) in [6.07, 6.45) is 11.6. The maximum atomic E-state index is 12.0. The fraction of sp³-hybridized carbons (Fsp3) is 0.938. The summed E-state index contributed by atoms with van der Waals surface area (Å²) in [5.41, 5.74) is 0. The number of ether oxygens (including phenoxy) is 1. The molecule has 116 valence electrons. The van der Waals surface area contributed by atoms with Crippen molar-refractivity contribution in [3.63, 3.8) is 0 Å². The van der Waals surface area contributed by atoms with E-state index in [9.17, 15) is 4.79 Å². The van der Waals surface area contributed by atoms with E-state index in [2.05, 4.69) is 10.6 Å². The number of amides is 1. The Morgan fingerprint density at radius 2 is 1.75 bits per heavy atom. The van der Waals surface area contributed by atoms with Crippen LogP contribution in [-0.4, -0.2) is 37.2 Å². The molecule has 2 rings (SSSR count). The molecule has 4 heteroatoms. The molecule has 0 aliphatic heterocycles. The molecule has 0 radical (unpaired) electrons. The van der Waals surface area contributed by atoms with Crippen LogP contribution >= 0.6 is 0 Å². The van der Waals surface area contributed by atoms with Crippen LogP contribution in [0.3, 0.4) is 0 Å². The highest BCUT2D eigenvalue weighted by Crippen LogP contribution is 2.20. The van der Waals surface area contributed by atoms with Gasteiger partial charge in [0.05, 0.1) is 18.8 Å². The number of hydrogen-bond acceptors (Lipinski definition) is 3. The first-order valence-electron chi connectivity index (χ1n) is 8.41. The molecule has 0 heterocycles. The molecule has 1 amide bonds. The zero-order valence-corrected chi connectivity index (χ0v) is 12.8. The van der Waals surface area contributed by atoms with E-state index in [0.717, 1.165) is 19.4 Å². The molecule has 1 unspecified atom stereocenters. The lowest BCUT2D eigenvalue weighted by atomic mass is 9.98. The van der Waals surface area contributed by atoms with Gasteiger partial charge in [0.2, 0.25) is 5.91 Å². The molecule has 2 aliphatic rings. The summed E-state index contributed by atoms with van der Waals surface area (Å²) in [7, 11) is 0. The molecular weight excluding hydrogens is 252 g/mol. The lowest BCUT2D eigenvalue weighted by Gasteiger charge is -2.23. The maximum absolute atomic E-state index is 12.0. The van der Waals surface area contributed by atoms with Crippen molar-refractivity contribution in [2.75, 3.05) is 13.2 Å². The average Bonchev–Trinajstić information content (AvgIpc) is 2.97. The number of carbonyl (C=O) groups is 1. The fourth-order valence-electron chi connectivity index (χ4n) is 3.22. The molecule has 1 atom stereocenters. The minimum atomic E-state index is -0.120. The van der Waals surface area contributed by atoms with Crippen molar-refractivity contribution < 1.29 is 9.53 Å². The van der Waals surface area contributed by atoms with Crippen molar-refractivity contribution in [3.05, 3.63) is 0 Å². The second kappa shape index (κ2) is 8.63. The largest absolute Gasteiger partial charge is 0.377 e. The van der Waals surface area contributed by atoms with E-state index in [1.165, 1.54) is 44.9 Å². The van der Waals surface area contributed by atoms with E-state index < -0.39 is 0 Å². The van der Waals surface area contributed by atoms with Gasteiger partial charge in [-0.05, 0) is 32.6 Å². The van der Waals surface area contributed by atoms with E-state index >= 15 is 0 Å². The molecule has 0 aromatic carbocycles. The summed E-state index contributed by atoms with van der Waals surface area (Å²) in [5.74, 6) is 0.134. The van der Waals surface area contributed by atoms with Crippen LogP contribution in [0.5, 0.6) is 0 Å². The van der Waals surface area contributed by atoms with Crippen molar-refractivity contribution in [2.45, 2.75) is 82.9 Å². The number of rotatable bonds is 7. The molecule has 0 aromatic heterocycles. The van der Waals surface area contributed by atoms with Crippen molar-refractivity contribution in [1.29, 1.82) is 0 Å². The Labute approximate surface area is 123 Å². The van der Waals surface area contributed by atoms with Crippen LogP contribution in [0, 0.1) is 0 Å². The van der Waals surface area contributed by atoms with Crippen LogP contribution < -0.4 is 10.6 Å². The van der Waals surface area contributed by atoms with Gasteiger partial charge in [0.25, 0.3) is 0 Å². The maximum Gasteiger partial charge on any atom is 0.237 e. The molecule has 2 N–H and O–H groups in total. The number of carbonyl (C=O) groups excluding carboxylic acids is 1. The van der Waals surface area contributed by atoms with E-state index in [0.29, 0.717) is 18.8 Å². The average molecular weight is 282 g/mol. The summed E-state index contributed by atoms with van der Waals surface area (Å²) < 4.78 is 5.85. The molecule has 20 heavy (non-hydrogen) atoms. The molecule has 2 saturated carbocycles. The third kappa shape index (κ3) is 5.41. The third-order valence-electron chi connectivity index (χ3n) is 4.55. The van der Waals surface area contributed by atoms with Crippen LogP contribution in [-0.2, 0) is 9.53 Å². The Bertz CT molecular complexity index is 284. The van der Waals surface area contributed by atoms with Gasteiger partial charge in [-0.2, -0.15) is 0 Å². The topological polar surface area (TPSA) is 50.4 Å². The first kappa shape index (κ1) is 15.8. The lowest BCUT2D eigenvalue weighted by molar-refractivity contribution is -0.123. The van der Waals surface area contributed by atoms with Crippen LogP contribution in [0.1, 0.15) is 64.7 Å². The smallest absolute Gasteiger partial charge is 0.237 e. The summed E-state index contributed by atoms with van der Waals surface area (Å²) >= 11 is 0. The van der Waals surface area contributed by atoms with Crippen LogP contribution in [0.4, 0.5) is 0 Å². The van der Waals surface area contributed by atoms with Crippen molar-refractivity contribution >= 4 is 5.91 Å². The highest BCUT2D eigenvalue weighted by molar-refractivity contribution is 5.81. The molecule has 0 aromatic rings. The van der Waals surface area contributed by atoms with Crippen molar-refractivity contribution in [2.24, 2.45) is 0 Å². The third-order valence-corrected chi connectivity index (χ3v) is 4.55. The second-order valence-corrected chi connectivity index (χ2v) is 6.30. The molecule has 0 bridgehead atoms. The van der Waals surface area contributed by atoms with Crippen LogP contribution in [0.2, 0.25) is 0 Å². The highest BCUT2D eigenvalue weighted by Gasteiger charge is 2.20. The Hall–Kier alpha value is -0.610. The van der Waals surface area contributed by atoms with Gasteiger partial charge in [-0.1, -0.05) is 32.1 Å². The van der Waals surface area contributed by atoms with E-state index in [-0.39, 0.29) is 11.9 Å². The fourth-order valence-corrected chi connectivity index (χ4v) is 3.22. The quantitative estimate of drug-likeness (QED) is 0.705. The van der Waals surface area contributed by atoms with Gasteiger partial charge < -0.3 is 15.4 Å². The molecule has 2 fully saturated rings. The molecule has 2 aliphatic carbocycles. The van der Waals surface area contributed by atoms with Gasteiger partial charge in [0, 0.05) is 12.6 Å². The summed E-state index contributed by atoms with van der Waals surface area (Å²) in [5, 5.41) is 6.39. The van der Waals surface area contributed by atoms with Crippen molar-refractivity contribution in [1.82, 2.24) is 10.6 Å². The molecule has 0 saturated heterocycles. The van der Waals surface area contributed by atoms with Crippen molar-refractivity contribution in [3.8, 4) is 0 Å².